The van der Waals surface area contributed by atoms with E-state index in [0.29, 0.717) is 33.3 Å². The van der Waals surface area contributed by atoms with Gasteiger partial charge in [0.25, 0.3) is 0 Å². The van der Waals surface area contributed by atoms with Crippen molar-refractivity contribution in [3.8, 4) is 22.1 Å². The number of allylic oxidation sites excluding steroid dienone is 2. The van der Waals surface area contributed by atoms with Crippen LogP contribution in [0.1, 0.15) is 54.1 Å². The summed E-state index contributed by atoms with van der Waals surface area (Å²) in [6.45, 7) is 5.21. The molecule has 0 radical (unpaired) electrons. The number of anilines is 2. The molecular formula is C43H36Cl2N4O7S. The van der Waals surface area contributed by atoms with Crippen LogP contribution in [0, 0.1) is 36.0 Å². The molecule has 5 aromatic rings. The first kappa shape index (κ1) is 37.3. The second-order valence-corrected chi connectivity index (χ2v) is 17.4. The van der Waals surface area contributed by atoms with E-state index in [-0.39, 0.29) is 41.1 Å². The number of phenols is 1. The van der Waals surface area contributed by atoms with Gasteiger partial charge in [-0.3, -0.25) is 33.6 Å². The van der Waals surface area contributed by atoms with Crippen molar-refractivity contribution in [3.05, 3.63) is 99.0 Å². The minimum absolute atomic E-state index is 0.00175. The van der Waals surface area contributed by atoms with Gasteiger partial charge in [0.1, 0.15) is 11.5 Å². The third kappa shape index (κ3) is 5.29. The van der Waals surface area contributed by atoms with E-state index in [0.717, 1.165) is 26.1 Å². The van der Waals surface area contributed by atoms with Gasteiger partial charge in [-0.05, 0) is 111 Å². The summed E-state index contributed by atoms with van der Waals surface area (Å²) >= 11 is 14.5. The number of fused-ring (bicyclic) bond motifs is 5. The highest BCUT2D eigenvalue weighted by molar-refractivity contribution is 7.22. The maximum Gasteiger partial charge on any atom is 0.242 e. The Morgan fingerprint density at radius 1 is 0.965 bits per heavy atom. The number of halogens is 2. The Balaban J connectivity index is 1.16. The molecule has 4 amide bonds. The van der Waals surface area contributed by atoms with Crippen LogP contribution in [0.2, 0.25) is 10.0 Å². The number of aryl methyl sites for hydroxylation is 2. The molecule has 0 spiro atoms. The lowest BCUT2D eigenvalue weighted by molar-refractivity contribution is -0.131. The number of benzene rings is 3. The van der Waals surface area contributed by atoms with Crippen LogP contribution >= 0.6 is 34.5 Å². The Morgan fingerprint density at radius 2 is 1.70 bits per heavy atom. The lowest BCUT2D eigenvalue weighted by Gasteiger charge is -2.49. The number of ketones is 1. The van der Waals surface area contributed by atoms with E-state index in [9.17, 15) is 24.3 Å². The number of rotatable bonds is 6. The standard InChI is InChI=1S/C43H36Cl2N4O7S/c1-19-27-16-23(44)8-13-33(27)57-38(19)31-18-34(47(4)46-31)49-40(53)29-17-28-25(36(43(29,3)42(49)55)22-14-30(45)37(51)32(15-22)56-5)11-12-26-35(28)41(54)48(39(26)52)24-9-6-21(7-10-24)20(2)50/h6-11,13-16,18,26,28-29,35-36,51H,12,17H2,1-5H3. The Morgan fingerprint density at radius 3 is 2.40 bits per heavy atom. The highest BCUT2D eigenvalue weighted by atomic mass is 35.5. The molecule has 1 N–H and O–H groups in total. The summed E-state index contributed by atoms with van der Waals surface area (Å²) in [7, 11) is 3.09. The van der Waals surface area contributed by atoms with Crippen molar-refractivity contribution in [2.24, 2.45) is 36.1 Å². The maximum absolute atomic E-state index is 15.2. The molecule has 3 fully saturated rings. The van der Waals surface area contributed by atoms with Crippen LogP contribution in [0.4, 0.5) is 11.5 Å². The molecule has 57 heavy (non-hydrogen) atoms. The fourth-order valence-corrected chi connectivity index (χ4v) is 11.4. The molecule has 290 valence electrons. The molecule has 1 saturated carbocycles. The number of aromatic hydroxyl groups is 1. The highest BCUT2D eigenvalue weighted by Gasteiger charge is 2.68. The van der Waals surface area contributed by atoms with E-state index in [1.54, 1.807) is 67.8 Å². The quantitative estimate of drug-likeness (QED) is 0.103. The number of Topliss-reactive ketones (excluding diaryl/α,β-unsaturated/α-hetero) is 1. The molecule has 2 aliphatic heterocycles. The number of hydrogen-bond acceptors (Lipinski definition) is 9. The Kier molecular flexibility index (Phi) is 8.58. The molecule has 4 aliphatic rings. The van der Waals surface area contributed by atoms with Crippen LogP contribution in [0.5, 0.6) is 11.5 Å². The fraction of sp³-hybridized carbons (Fsp3) is 0.302. The third-order valence-electron chi connectivity index (χ3n) is 12.6. The Bertz CT molecular complexity index is 2670. The number of ether oxygens (including phenoxy) is 1. The summed E-state index contributed by atoms with van der Waals surface area (Å²) in [6, 6.07) is 17.0. The number of carbonyl (C=O) groups excluding carboxylic acids is 5. The van der Waals surface area contributed by atoms with E-state index in [1.807, 2.05) is 31.2 Å². The molecule has 6 unspecified atom stereocenters. The van der Waals surface area contributed by atoms with Crippen LogP contribution in [0.15, 0.2) is 72.3 Å². The molecule has 11 nitrogen and oxygen atoms in total. The number of aromatic nitrogens is 2. The first-order valence-electron chi connectivity index (χ1n) is 18.5. The molecule has 2 aromatic heterocycles. The zero-order valence-electron chi connectivity index (χ0n) is 31.5. The van der Waals surface area contributed by atoms with Crippen LogP contribution in [-0.4, -0.2) is 51.4 Å². The predicted octanol–water partition coefficient (Wildman–Crippen LogP) is 8.27. The summed E-state index contributed by atoms with van der Waals surface area (Å²) in [5, 5.41) is 17.1. The smallest absolute Gasteiger partial charge is 0.242 e. The van der Waals surface area contributed by atoms with Gasteiger partial charge in [0.15, 0.2) is 17.3 Å². The summed E-state index contributed by atoms with van der Waals surface area (Å²) in [5.74, 6) is -5.44. The summed E-state index contributed by atoms with van der Waals surface area (Å²) in [5.41, 5.74) is 2.29. The van der Waals surface area contributed by atoms with E-state index in [1.165, 1.54) is 28.5 Å². The van der Waals surface area contributed by atoms with Gasteiger partial charge in [0, 0.05) is 34.3 Å². The Labute approximate surface area is 341 Å². The predicted molar refractivity (Wildman–Crippen MR) is 217 cm³/mol. The van der Waals surface area contributed by atoms with Gasteiger partial charge < -0.3 is 9.84 Å². The first-order valence-corrected chi connectivity index (χ1v) is 20.1. The summed E-state index contributed by atoms with van der Waals surface area (Å²) in [6.07, 6.45) is 2.32. The van der Waals surface area contributed by atoms with Gasteiger partial charge in [-0.1, -0.05) is 34.9 Å². The monoisotopic (exact) mass is 822 g/mol. The molecule has 4 heterocycles. The minimum Gasteiger partial charge on any atom is -0.503 e. The number of imide groups is 2. The van der Waals surface area contributed by atoms with Crippen molar-refractivity contribution in [2.75, 3.05) is 16.9 Å². The van der Waals surface area contributed by atoms with Gasteiger partial charge in [-0.15, -0.1) is 11.3 Å². The molecule has 14 heteroatoms. The minimum atomic E-state index is -1.37. The van der Waals surface area contributed by atoms with Crippen molar-refractivity contribution in [1.29, 1.82) is 0 Å². The van der Waals surface area contributed by atoms with Crippen molar-refractivity contribution in [2.45, 2.75) is 39.5 Å². The molecule has 3 aromatic carbocycles. The molecular weight excluding hydrogens is 787 g/mol. The Hall–Kier alpha value is -5.30. The fourth-order valence-electron chi connectivity index (χ4n) is 9.84. The SMILES string of the molecule is COc1cc(C2C3=CCC4C(=O)N(c5ccc(C(C)=O)cc5)C(=O)C4C3CC3C(=O)N(c4cc(-c5sc6ccc(Cl)cc6c5C)nn4C)C(=O)C32C)cc(Cl)c1O. The second kappa shape index (κ2) is 13.1. The molecule has 9 rings (SSSR count). The van der Waals surface area contributed by atoms with Gasteiger partial charge >= 0.3 is 0 Å². The molecule has 2 saturated heterocycles. The molecule has 6 atom stereocenters. The van der Waals surface area contributed by atoms with Gasteiger partial charge in [0.05, 0.1) is 45.9 Å². The lowest BCUT2D eigenvalue weighted by atomic mass is 9.51. The number of thiophene rings is 1. The van der Waals surface area contributed by atoms with Crippen molar-refractivity contribution in [1.82, 2.24) is 9.78 Å². The normalized spacial score (nSPS) is 25.5. The van der Waals surface area contributed by atoms with Gasteiger partial charge in [-0.25, -0.2) is 4.90 Å². The number of amides is 4. The average molecular weight is 824 g/mol. The van der Waals surface area contributed by atoms with Crippen LogP contribution in [-0.2, 0) is 26.2 Å². The molecule has 2 aliphatic carbocycles. The topological polar surface area (TPSA) is 139 Å². The first-order chi connectivity index (χ1) is 27.1. The molecule has 0 bridgehead atoms. The van der Waals surface area contributed by atoms with Gasteiger partial charge in [-0.2, -0.15) is 5.10 Å². The summed E-state index contributed by atoms with van der Waals surface area (Å²) < 4.78 is 8.06. The number of nitrogens with zero attached hydrogens (tertiary/aromatic N) is 4. The summed E-state index contributed by atoms with van der Waals surface area (Å²) in [4.78, 5) is 74.0. The van der Waals surface area contributed by atoms with Crippen LogP contribution < -0.4 is 14.5 Å². The van der Waals surface area contributed by atoms with Crippen LogP contribution in [0.3, 0.4) is 0 Å². The number of hydrogen-bond donors (Lipinski definition) is 1. The van der Waals surface area contributed by atoms with E-state index in [2.05, 4.69) is 0 Å². The van der Waals surface area contributed by atoms with E-state index in [4.69, 9.17) is 33.0 Å². The third-order valence-corrected chi connectivity index (χ3v) is 14.4. The number of methoxy groups -OCH3 is 1. The van der Waals surface area contributed by atoms with Crippen molar-refractivity contribution >= 4 is 85.5 Å². The number of phenolic OH excluding ortho intramolecular Hbond substituents is 1. The second-order valence-electron chi connectivity index (χ2n) is 15.5. The zero-order valence-corrected chi connectivity index (χ0v) is 33.8. The van der Waals surface area contributed by atoms with E-state index >= 15 is 4.79 Å². The van der Waals surface area contributed by atoms with Crippen molar-refractivity contribution < 1.29 is 33.8 Å². The van der Waals surface area contributed by atoms with Crippen LogP contribution in [0.25, 0.3) is 20.7 Å². The van der Waals surface area contributed by atoms with Gasteiger partial charge in [0.2, 0.25) is 23.6 Å². The largest absolute Gasteiger partial charge is 0.503 e. The highest BCUT2D eigenvalue weighted by Crippen LogP contribution is 2.64. The maximum atomic E-state index is 15.2. The van der Waals surface area contributed by atoms with Crippen molar-refractivity contribution in [3.63, 3.8) is 0 Å². The number of carbonyl (C=O) groups is 5. The van der Waals surface area contributed by atoms with E-state index < -0.39 is 52.7 Å². The average Bonchev–Trinajstić information content (AvgIpc) is 3.86. The zero-order chi connectivity index (χ0) is 40.4. The lowest BCUT2D eigenvalue weighted by Crippen LogP contribution is -2.49.